The van der Waals surface area contributed by atoms with Crippen LogP contribution in [0.15, 0.2) is 30.9 Å². The summed E-state index contributed by atoms with van der Waals surface area (Å²) in [5.74, 6) is 0.719. The Hall–Kier alpha value is -1.92. The minimum Gasteiger partial charge on any atom is -0.385 e. The molecule has 0 unspecified atom stereocenters. The lowest BCUT2D eigenvalue weighted by Gasteiger charge is -2.34. The first-order chi connectivity index (χ1) is 11.1. The van der Waals surface area contributed by atoms with Gasteiger partial charge >= 0.3 is 0 Å². The van der Waals surface area contributed by atoms with Crippen molar-refractivity contribution < 1.29 is 9.90 Å². The number of likely N-dealkylation sites (tertiary alicyclic amines) is 1. The number of halogens is 1. The minimum absolute atomic E-state index is 0.0649. The highest BCUT2D eigenvalue weighted by Gasteiger charge is 2.30. The molecule has 1 fully saturated rings. The zero-order chi connectivity index (χ0) is 16.4. The van der Waals surface area contributed by atoms with Crippen molar-refractivity contribution in [3.63, 3.8) is 0 Å². The number of carbonyl (C=O) groups excluding carboxylic acids is 1. The van der Waals surface area contributed by atoms with Crippen molar-refractivity contribution >= 4 is 17.5 Å². The van der Waals surface area contributed by atoms with Gasteiger partial charge < -0.3 is 14.6 Å². The van der Waals surface area contributed by atoms with Gasteiger partial charge in [-0.25, -0.2) is 4.98 Å². The van der Waals surface area contributed by atoms with Crippen molar-refractivity contribution in [2.24, 2.45) is 13.0 Å². The third-order valence-electron chi connectivity index (χ3n) is 4.35. The van der Waals surface area contributed by atoms with Crippen molar-refractivity contribution in [3.05, 3.63) is 47.3 Å². The van der Waals surface area contributed by atoms with Gasteiger partial charge in [0.1, 0.15) is 11.9 Å². The Kier molecular flexibility index (Phi) is 4.63. The van der Waals surface area contributed by atoms with Gasteiger partial charge in [0.2, 0.25) is 0 Å². The van der Waals surface area contributed by atoms with Gasteiger partial charge in [0.05, 0.1) is 10.6 Å². The van der Waals surface area contributed by atoms with Crippen LogP contribution in [0.4, 0.5) is 0 Å². The molecular weight excluding hydrogens is 316 g/mol. The largest absolute Gasteiger partial charge is 0.385 e. The lowest BCUT2D eigenvalue weighted by molar-refractivity contribution is 0.0420. The molecular formula is C16H19ClN4O2. The second kappa shape index (κ2) is 6.68. The standard InChI is InChI=1S/C16H19ClN4O2/c1-20-7-4-19-15(20)14(22)11-2-5-21(6-3-11)16(23)12-8-13(17)10-18-9-12/h4,7-11,14,22H,2-3,5-6H2,1H3/t14-/m0/s1. The Morgan fingerprint density at radius 1 is 1.39 bits per heavy atom. The summed E-state index contributed by atoms with van der Waals surface area (Å²) in [7, 11) is 1.87. The van der Waals surface area contributed by atoms with Crippen molar-refractivity contribution in [1.29, 1.82) is 0 Å². The Bertz CT molecular complexity index is 695. The van der Waals surface area contributed by atoms with Crippen LogP contribution in [0, 0.1) is 5.92 Å². The normalized spacial score (nSPS) is 17.3. The summed E-state index contributed by atoms with van der Waals surface area (Å²) in [6, 6.07) is 1.63. The van der Waals surface area contributed by atoms with Crippen LogP contribution < -0.4 is 0 Å². The van der Waals surface area contributed by atoms with E-state index in [2.05, 4.69) is 9.97 Å². The predicted molar refractivity (Wildman–Crippen MR) is 86.0 cm³/mol. The number of amides is 1. The van der Waals surface area contributed by atoms with Gasteiger partial charge in [0.15, 0.2) is 0 Å². The number of aryl methyl sites for hydroxylation is 1. The van der Waals surface area contributed by atoms with Crippen LogP contribution in [-0.2, 0) is 7.05 Å². The molecule has 2 aromatic heterocycles. The zero-order valence-corrected chi connectivity index (χ0v) is 13.6. The Morgan fingerprint density at radius 2 is 2.13 bits per heavy atom. The second-order valence-corrected chi connectivity index (χ2v) is 6.30. The lowest BCUT2D eigenvalue weighted by Crippen LogP contribution is -2.40. The molecule has 0 bridgehead atoms. The van der Waals surface area contributed by atoms with Crippen LogP contribution in [0.2, 0.25) is 5.02 Å². The molecule has 122 valence electrons. The third-order valence-corrected chi connectivity index (χ3v) is 4.55. The summed E-state index contributed by atoms with van der Waals surface area (Å²) in [5, 5.41) is 10.9. The number of piperidine rings is 1. The van der Waals surface area contributed by atoms with E-state index in [1.165, 1.54) is 12.4 Å². The number of pyridine rings is 1. The van der Waals surface area contributed by atoms with E-state index in [1.807, 2.05) is 17.8 Å². The molecule has 1 aliphatic heterocycles. The van der Waals surface area contributed by atoms with E-state index in [-0.39, 0.29) is 11.8 Å². The molecule has 2 aromatic rings. The number of aliphatic hydroxyl groups is 1. The molecule has 7 heteroatoms. The van der Waals surface area contributed by atoms with E-state index in [0.29, 0.717) is 29.5 Å². The first-order valence-electron chi connectivity index (χ1n) is 7.61. The van der Waals surface area contributed by atoms with Gasteiger partial charge in [-0.1, -0.05) is 11.6 Å². The molecule has 23 heavy (non-hydrogen) atoms. The molecule has 0 saturated carbocycles. The van der Waals surface area contributed by atoms with E-state index in [9.17, 15) is 9.90 Å². The monoisotopic (exact) mass is 334 g/mol. The summed E-state index contributed by atoms with van der Waals surface area (Å²) in [4.78, 5) is 22.4. The first-order valence-corrected chi connectivity index (χ1v) is 7.99. The van der Waals surface area contributed by atoms with Gasteiger partial charge in [-0.3, -0.25) is 9.78 Å². The summed E-state index contributed by atoms with van der Waals surface area (Å²) < 4.78 is 1.83. The van der Waals surface area contributed by atoms with E-state index < -0.39 is 6.10 Å². The highest BCUT2D eigenvalue weighted by atomic mass is 35.5. The molecule has 0 aliphatic carbocycles. The number of aliphatic hydroxyl groups excluding tert-OH is 1. The van der Waals surface area contributed by atoms with Gasteiger partial charge in [0, 0.05) is 44.9 Å². The lowest BCUT2D eigenvalue weighted by atomic mass is 9.90. The number of hydrogen-bond acceptors (Lipinski definition) is 4. The van der Waals surface area contributed by atoms with E-state index in [0.717, 1.165) is 12.8 Å². The van der Waals surface area contributed by atoms with Crippen LogP contribution in [0.3, 0.4) is 0 Å². The fourth-order valence-electron chi connectivity index (χ4n) is 3.00. The van der Waals surface area contributed by atoms with Crippen LogP contribution in [0.1, 0.15) is 35.1 Å². The molecule has 1 atom stereocenters. The van der Waals surface area contributed by atoms with Gasteiger partial charge in [0.25, 0.3) is 5.91 Å². The smallest absolute Gasteiger partial charge is 0.255 e. The first kappa shape index (κ1) is 16.0. The SMILES string of the molecule is Cn1ccnc1[C@@H](O)C1CCN(C(=O)c2cncc(Cl)c2)CC1. The maximum atomic E-state index is 12.5. The maximum absolute atomic E-state index is 12.5. The molecule has 3 heterocycles. The van der Waals surface area contributed by atoms with Crippen LogP contribution in [-0.4, -0.2) is 43.5 Å². The molecule has 1 amide bonds. The Labute approximate surface area is 139 Å². The molecule has 0 radical (unpaired) electrons. The predicted octanol–water partition coefficient (Wildman–Crippen LogP) is 2.05. The van der Waals surface area contributed by atoms with Crippen molar-refractivity contribution in [3.8, 4) is 0 Å². The molecule has 0 spiro atoms. The fraction of sp³-hybridized carbons (Fsp3) is 0.438. The topological polar surface area (TPSA) is 71.2 Å². The summed E-state index contributed by atoms with van der Waals surface area (Å²) in [6.07, 6.45) is 7.44. The summed E-state index contributed by atoms with van der Waals surface area (Å²) in [5.41, 5.74) is 0.501. The van der Waals surface area contributed by atoms with Crippen molar-refractivity contribution in [2.75, 3.05) is 13.1 Å². The van der Waals surface area contributed by atoms with Gasteiger partial charge in [-0.2, -0.15) is 0 Å². The average molecular weight is 335 g/mol. The van der Waals surface area contributed by atoms with Crippen LogP contribution in [0.25, 0.3) is 0 Å². The molecule has 1 N–H and O–H groups in total. The Morgan fingerprint density at radius 3 is 2.74 bits per heavy atom. The summed E-state index contributed by atoms with van der Waals surface area (Å²) in [6.45, 7) is 1.22. The van der Waals surface area contributed by atoms with Gasteiger partial charge in [-0.15, -0.1) is 0 Å². The second-order valence-electron chi connectivity index (χ2n) is 5.86. The van der Waals surface area contributed by atoms with Crippen LogP contribution in [0.5, 0.6) is 0 Å². The minimum atomic E-state index is -0.597. The molecule has 6 nitrogen and oxygen atoms in total. The highest BCUT2D eigenvalue weighted by molar-refractivity contribution is 6.30. The molecule has 1 aliphatic rings. The van der Waals surface area contributed by atoms with Gasteiger partial charge in [-0.05, 0) is 24.8 Å². The quantitative estimate of drug-likeness (QED) is 0.932. The van der Waals surface area contributed by atoms with E-state index in [1.54, 1.807) is 17.2 Å². The number of aromatic nitrogens is 3. The van der Waals surface area contributed by atoms with E-state index in [4.69, 9.17) is 11.6 Å². The zero-order valence-electron chi connectivity index (χ0n) is 12.9. The van der Waals surface area contributed by atoms with E-state index >= 15 is 0 Å². The number of rotatable bonds is 3. The molecule has 3 rings (SSSR count). The highest BCUT2D eigenvalue weighted by Crippen LogP contribution is 2.30. The summed E-state index contributed by atoms with van der Waals surface area (Å²) >= 11 is 5.89. The van der Waals surface area contributed by atoms with Crippen molar-refractivity contribution in [2.45, 2.75) is 18.9 Å². The maximum Gasteiger partial charge on any atom is 0.255 e. The third kappa shape index (κ3) is 3.38. The number of hydrogen-bond donors (Lipinski definition) is 1. The molecule has 0 aromatic carbocycles. The van der Waals surface area contributed by atoms with Crippen molar-refractivity contribution in [1.82, 2.24) is 19.4 Å². The molecule has 1 saturated heterocycles. The number of nitrogens with zero attached hydrogens (tertiary/aromatic N) is 4. The number of carbonyl (C=O) groups is 1. The average Bonchev–Trinajstić information content (AvgIpc) is 3.00. The fourth-order valence-corrected chi connectivity index (χ4v) is 3.18. The number of imidazole rings is 1. The Balaban J connectivity index is 1.62. The van der Waals surface area contributed by atoms with Crippen LogP contribution >= 0.6 is 11.6 Å².